The number of halogens is 1. The minimum atomic E-state index is 0.142. The van der Waals surface area contributed by atoms with Crippen LogP contribution in [0.4, 0.5) is 0 Å². The molecule has 0 aromatic heterocycles. The molecule has 0 radical (unpaired) electrons. The molecule has 0 aliphatic rings. The van der Waals surface area contributed by atoms with Crippen LogP contribution in [0, 0.1) is 0 Å². The van der Waals surface area contributed by atoms with Crippen molar-refractivity contribution in [2.75, 3.05) is 13.7 Å². The van der Waals surface area contributed by atoms with Crippen molar-refractivity contribution >= 4 is 15.9 Å². The molecule has 0 heterocycles. The first kappa shape index (κ1) is 15.9. The minimum Gasteiger partial charge on any atom is -0.496 e. The fraction of sp³-hybridized carbons (Fsp3) is 0.294. The van der Waals surface area contributed by atoms with Crippen molar-refractivity contribution in [1.82, 2.24) is 5.32 Å². The molecule has 0 aliphatic heterocycles. The highest BCUT2D eigenvalue weighted by Gasteiger charge is 2.17. The first-order chi connectivity index (χ1) is 10.2. The van der Waals surface area contributed by atoms with Crippen LogP contribution in [0.2, 0.25) is 0 Å². The zero-order valence-electron chi connectivity index (χ0n) is 12.5. The molecule has 21 heavy (non-hydrogen) atoms. The number of ether oxygens (including phenoxy) is 2. The minimum absolute atomic E-state index is 0.142. The Hall–Kier alpha value is -1.52. The fourth-order valence-electron chi connectivity index (χ4n) is 2.27. The van der Waals surface area contributed by atoms with Gasteiger partial charge >= 0.3 is 0 Å². The SMILES string of the molecule is CCNC(C)c1c(OC)cccc1Oc1ccccc1Br. The van der Waals surface area contributed by atoms with Crippen molar-refractivity contribution in [3.63, 3.8) is 0 Å². The molecule has 0 bridgehead atoms. The smallest absolute Gasteiger partial charge is 0.141 e. The molecule has 0 saturated heterocycles. The van der Waals surface area contributed by atoms with Gasteiger partial charge in [0, 0.05) is 6.04 Å². The van der Waals surface area contributed by atoms with Crippen molar-refractivity contribution in [2.24, 2.45) is 0 Å². The normalized spacial score (nSPS) is 12.0. The molecule has 2 aromatic rings. The maximum Gasteiger partial charge on any atom is 0.141 e. The van der Waals surface area contributed by atoms with Crippen LogP contribution >= 0.6 is 15.9 Å². The average molecular weight is 350 g/mol. The highest BCUT2D eigenvalue weighted by molar-refractivity contribution is 9.10. The van der Waals surface area contributed by atoms with Crippen molar-refractivity contribution in [2.45, 2.75) is 19.9 Å². The van der Waals surface area contributed by atoms with Crippen molar-refractivity contribution < 1.29 is 9.47 Å². The van der Waals surface area contributed by atoms with Crippen LogP contribution in [0.1, 0.15) is 25.5 Å². The third kappa shape index (κ3) is 3.77. The van der Waals surface area contributed by atoms with Gasteiger partial charge in [-0.2, -0.15) is 0 Å². The molecular formula is C17H20BrNO2. The summed E-state index contributed by atoms with van der Waals surface area (Å²) in [6.07, 6.45) is 0. The van der Waals surface area contributed by atoms with Gasteiger partial charge in [-0.05, 0) is 53.7 Å². The molecule has 2 aromatic carbocycles. The summed E-state index contributed by atoms with van der Waals surface area (Å²) in [6.45, 7) is 5.07. The van der Waals surface area contributed by atoms with E-state index >= 15 is 0 Å². The van der Waals surface area contributed by atoms with Crippen molar-refractivity contribution in [3.05, 3.63) is 52.5 Å². The molecule has 1 atom stereocenters. The van der Waals surface area contributed by atoms with Crippen LogP contribution in [-0.2, 0) is 0 Å². The molecular weight excluding hydrogens is 330 g/mol. The van der Waals surface area contributed by atoms with Crippen LogP contribution in [-0.4, -0.2) is 13.7 Å². The van der Waals surface area contributed by atoms with Crippen molar-refractivity contribution in [3.8, 4) is 17.2 Å². The first-order valence-corrected chi connectivity index (χ1v) is 7.79. The lowest BCUT2D eigenvalue weighted by atomic mass is 10.1. The lowest BCUT2D eigenvalue weighted by Crippen LogP contribution is -2.19. The molecule has 0 spiro atoms. The van der Waals surface area contributed by atoms with Gasteiger partial charge in [0.25, 0.3) is 0 Å². The third-order valence-electron chi connectivity index (χ3n) is 3.25. The van der Waals surface area contributed by atoms with E-state index in [9.17, 15) is 0 Å². The van der Waals surface area contributed by atoms with Gasteiger partial charge in [0.15, 0.2) is 0 Å². The Morgan fingerprint density at radius 2 is 1.71 bits per heavy atom. The lowest BCUT2D eigenvalue weighted by molar-refractivity contribution is 0.391. The Morgan fingerprint density at radius 1 is 1.05 bits per heavy atom. The maximum absolute atomic E-state index is 6.08. The van der Waals surface area contributed by atoms with Crippen LogP contribution in [0.3, 0.4) is 0 Å². The average Bonchev–Trinajstić information content (AvgIpc) is 2.49. The number of benzene rings is 2. The van der Waals surface area contributed by atoms with E-state index in [0.717, 1.165) is 33.8 Å². The zero-order valence-corrected chi connectivity index (χ0v) is 14.1. The summed E-state index contributed by atoms with van der Waals surface area (Å²) in [5.74, 6) is 2.42. The molecule has 0 aliphatic carbocycles. The summed E-state index contributed by atoms with van der Waals surface area (Å²) < 4.78 is 12.5. The third-order valence-corrected chi connectivity index (χ3v) is 3.90. The molecule has 0 amide bonds. The van der Waals surface area contributed by atoms with E-state index < -0.39 is 0 Å². The quantitative estimate of drug-likeness (QED) is 0.802. The molecule has 112 valence electrons. The molecule has 2 rings (SSSR count). The summed E-state index contributed by atoms with van der Waals surface area (Å²) in [6, 6.07) is 13.8. The Kier molecular flexibility index (Phi) is 5.65. The Morgan fingerprint density at radius 3 is 2.38 bits per heavy atom. The number of hydrogen-bond donors (Lipinski definition) is 1. The number of para-hydroxylation sites is 1. The highest BCUT2D eigenvalue weighted by Crippen LogP contribution is 2.38. The van der Waals surface area contributed by atoms with Gasteiger partial charge in [-0.1, -0.05) is 25.1 Å². The lowest BCUT2D eigenvalue weighted by Gasteiger charge is -2.20. The topological polar surface area (TPSA) is 30.5 Å². The summed E-state index contributed by atoms with van der Waals surface area (Å²) in [7, 11) is 1.68. The van der Waals surface area contributed by atoms with E-state index in [2.05, 4.69) is 35.1 Å². The van der Waals surface area contributed by atoms with Crippen LogP contribution in [0.25, 0.3) is 0 Å². The van der Waals surface area contributed by atoms with E-state index in [1.165, 1.54) is 0 Å². The highest BCUT2D eigenvalue weighted by atomic mass is 79.9. The van der Waals surface area contributed by atoms with Gasteiger partial charge in [0.05, 0.1) is 17.1 Å². The number of rotatable bonds is 6. The van der Waals surface area contributed by atoms with Gasteiger partial charge in [-0.3, -0.25) is 0 Å². The van der Waals surface area contributed by atoms with E-state index in [-0.39, 0.29) is 6.04 Å². The first-order valence-electron chi connectivity index (χ1n) is 7.00. The Balaban J connectivity index is 2.41. The predicted octanol–water partition coefficient (Wildman–Crippen LogP) is 4.92. The monoisotopic (exact) mass is 349 g/mol. The number of nitrogens with one attached hydrogen (secondary N) is 1. The summed E-state index contributed by atoms with van der Waals surface area (Å²) >= 11 is 3.51. The Bertz CT molecular complexity index is 601. The second-order valence-corrected chi connectivity index (χ2v) is 5.54. The van der Waals surface area contributed by atoms with E-state index in [1.54, 1.807) is 7.11 Å². The number of methoxy groups -OCH3 is 1. The molecule has 3 nitrogen and oxygen atoms in total. The van der Waals surface area contributed by atoms with Gasteiger partial charge < -0.3 is 14.8 Å². The summed E-state index contributed by atoms with van der Waals surface area (Å²) in [5, 5.41) is 3.41. The van der Waals surface area contributed by atoms with Gasteiger partial charge in [-0.15, -0.1) is 0 Å². The number of hydrogen-bond acceptors (Lipinski definition) is 3. The zero-order chi connectivity index (χ0) is 15.2. The fourth-order valence-corrected chi connectivity index (χ4v) is 2.64. The van der Waals surface area contributed by atoms with Crippen LogP contribution in [0.15, 0.2) is 46.9 Å². The molecule has 1 unspecified atom stereocenters. The summed E-state index contributed by atoms with van der Waals surface area (Å²) in [5.41, 5.74) is 1.03. The predicted molar refractivity (Wildman–Crippen MR) is 89.3 cm³/mol. The second-order valence-electron chi connectivity index (χ2n) is 4.68. The van der Waals surface area contributed by atoms with Crippen LogP contribution < -0.4 is 14.8 Å². The summed E-state index contributed by atoms with van der Waals surface area (Å²) in [4.78, 5) is 0. The van der Waals surface area contributed by atoms with Gasteiger partial charge in [-0.25, -0.2) is 0 Å². The van der Waals surface area contributed by atoms with E-state index in [1.807, 2.05) is 42.5 Å². The molecule has 4 heteroatoms. The standard InChI is InChI=1S/C17H20BrNO2/c1-4-19-12(2)17-15(20-3)10-7-11-16(17)21-14-9-6-5-8-13(14)18/h5-12,19H,4H2,1-3H3. The maximum atomic E-state index is 6.08. The largest absolute Gasteiger partial charge is 0.496 e. The van der Waals surface area contributed by atoms with Gasteiger partial charge in [0.2, 0.25) is 0 Å². The van der Waals surface area contributed by atoms with E-state index in [4.69, 9.17) is 9.47 Å². The molecule has 1 N–H and O–H groups in total. The second kappa shape index (κ2) is 7.48. The van der Waals surface area contributed by atoms with Crippen molar-refractivity contribution in [1.29, 1.82) is 0 Å². The van der Waals surface area contributed by atoms with Gasteiger partial charge in [0.1, 0.15) is 17.2 Å². The van der Waals surface area contributed by atoms with E-state index in [0.29, 0.717) is 0 Å². The molecule has 0 fully saturated rings. The molecule has 0 saturated carbocycles. The van der Waals surface area contributed by atoms with Crippen LogP contribution in [0.5, 0.6) is 17.2 Å². The Labute approximate surface area is 134 Å².